The number of carbonyl (C=O) groups is 1. The molecule has 0 saturated carbocycles. The number of carbonyl (C=O) groups excluding carboxylic acids is 1. The third-order valence-corrected chi connectivity index (χ3v) is 4.08. The van der Waals surface area contributed by atoms with Crippen LogP contribution in [0.5, 0.6) is 11.5 Å². The van der Waals surface area contributed by atoms with Gasteiger partial charge in [-0.3, -0.25) is 4.79 Å². The number of hydrogen-bond acceptors (Lipinski definition) is 5. The number of anilines is 1. The second-order valence-corrected chi connectivity index (χ2v) is 5.44. The molecule has 1 N–H and O–H groups in total. The smallest absolute Gasteiger partial charge is 0.269 e. The molecule has 1 aromatic heterocycles. The molecule has 1 aromatic carbocycles. The van der Waals surface area contributed by atoms with E-state index in [4.69, 9.17) is 9.47 Å². The number of nitrogens with zero attached hydrogens (tertiary/aromatic N) is 1. The normalized spacial score (nSPS) is 16.7. The van der Waals surface area contributed by atoms with Crippen LogP contribution in [0.25, 0.3) is 0 Å². The molecule has 0 bridgehead atoms. The molecule has 4 rings (SSSR count). The van der Waals surface area contributed by atoms with Gasteiger partial charge in [-0.15, -0.1) is 0 Å². The summed E-state index contributed by atoms with van der Waals surface area (Å²) in [6.07, 6.45) is 1.20. The number of fused-ring (bicyclic) bond motifs is 2. The molecule has 0 spiro atoms. The van der Waals surface area contributed by atoms with Crippen molar-refractivity contribution in [1.82, 2.24) is 4.98 Å². The van der Waals surface area contributed by atoms with E-state index in [0.717, 1.165) is 10.6 Å². The second kappa shape index (κ2) is 4.42. The molecule has 2 aliphatic heterocycles. The van der Waals surface area contributed by atoms with E-state index in [1.807, 2.05) is 30.3 Å². The average molecular weight is 286 g/mol. The van der Waals surface area contributed by atoms with Gasteiger partial charge in [0.2, 0.25) is 5.91 Å². The van der Waals surface area contributed by atoms with Gasteiger partial charge in [-0.2, -0.15) is 0 Å². The van der Waals surface area contributed by atoms with Gasteiger partial charge < -0.3 is 14.8 Å². The topological polar surface area (TPSA) is 60.5 Å². The van der Waals surface area contributed by atoms with Crippen molar-refractivity contribution in [2.75, 3.05) is 11.1 Å². The van der Waals surface area contributed by atoms with Gasteiger partial charge in [0.15, 0.2) is 11.5 Å². The SMILES string of the molecule is O=C1CSc2ncc(C3Oc4ccccc4O3)cc2N1. The van der Waals surface area contributed by atoms with E-state index in [9.17, 15) is 4.79 Å². The van der Waals surface area contributed by atoms with Crippen molar-refractivity contribution in [1.29, 1.82) is 0 Å². The van der Waals surface area contributed by atoms with Crippen LogP contribution in [-0.4, -0.2) is 16.6 Å². The number of para-hydroxylation sites is 2. The number of hydrogen-bond donors (Lipinski definition) is 1. The minimum absolute atomic E-state index is 0.0157. The summed E-state index contributed by atoms with van der Waals surface area (Å²) in [5.74, 6) is 1.82. The highest BCUT2D eigenvalue weighted by Gasteiger charge is 2.27. The zero-order chi connectivity index (χ0) is 13.5. The third-order valence-electron chi connectivity index (χ3n) is 3.08. The molecule has 2 aromatic rings. The molecule has 0 saturated heterocycles. The summed E-state index contributed by atoms with van der Waals surface area (Å²) < 4.78 is 11.5. The van der Waals surface area contributed by atoms with Crippen molar-refractivity contribution in [3.63, 3.8) is 0 Å². The summed E-state index contributed by atoms with van der Waals surface area (Å²) in [5, 5.41) is 3.63. The Morgan fingerprint density at radius 1 is 1.25 bits per heavy atom. The van der Waals surface area contributed by atoms with Gasteiger partial charge in [0.1, 0.15) is 5.03 Å². The Kier molecular flexibility index (Phi) is 2.56. The van der Waals surface area contributed by atoms with Gasteiger partial charge in [-0.05, 0) is 18.2 Å². The van der Waals surface area contributed by atoms with E-state index in [2.05, 4.69) is 10.3 Å². The molecule has 0 radical (unpaired) electrons. The standard InChI is InChI=1S/C14H10N2O3S/c17-12-7-20-13-9(16-12)5-8(6-15-13)14-18-10-3-1-2-4-11(10)19-14/h1-6,14H,7H2,(H,16,17). The molecule has 6 heteroatoms. The lowest BCUT2D eigenvalue weighted by atomic mass is 10.2. The van der Waals surface area contributed by atoms with E-state index in [-0.39, 0.29) is 5.91 Å². The van der Waals surface area contributed by atoms with Crippen LogP contribution >= 0.6 is 11.8 Å². The Hall–Kier alpha value is -2.21. The first-order valence-corrected chi connectivity index (χ1v) is 7.13. The number of nitrogens with one attached hydrogen (secondary N) is 1. The molecule has 100 valence electrons. The molecule has 0 aliphatic carbocycles. The zero-order valence-corrected chi connectivity index (χ0v) is 11.1. The van der Waals surface area contributed by atoms with Crippen LogP contribution in [0, 0.1) is 0 Å². The number of aromatic nitrogens is 1. The highest BCUT2D eigenvalue weighted by molar-refractivity contribution is 8.00. The Bertz CT molecular complexity index is 680. The number of amides is 1. The van der Waals surface area contributed by atoms with Gasteiger partial charge >= 0.3 is 0 Å². The third kappa shape index (κ3) is 1.89. The maximum atomic E-state index is 11.4. The fourth-order valence-corrected chi connectivity index (χ4v) is 2.89. The minimum Gasteiger partial charge on any atom is -0.447 e. The second-order valence-electron chi connectivity index (χ2n) is 4.47. The quantitative estimate of drug-likeness (QED) is 0.873. The summed E-state index contributed by atoms with van der Waals surface area (Å²) in [4.78, 5) is 15.8. The number of pyridine rings is 1. The number of ether oxygens (including phenoxy) is 2. The summed E-state index contributed by atoms with van der Waals surface area (Å²) in [5.41, 5.74) is 1.50. The first-order valence-electron chi connectivity index (χ1n) is 6.14. The fraction of sp³-hybridized carbons (Fsp3) is 0.143. The van der Waals surface area contributed by atoms with Crippen molar-refractivity contribution < 1.29 is 14.3 Å². The Morgan fingerprint density at radius 3 is 2.75 bits per heavy atom. The first-order chi connectivity index (χ1) is 9.79. The predicted octanol–water partition coefficient (Wildman–Crippen LogP) is 2.60. The summed E-state index contributed by atoms with van der Waals surface area (Å²) in [6.45, 7) is 0. The maximum Gasteiger partial charge on any atom is 0.269 e. The molecule has 3 heterocycles. The number of benzene rings is 1. The van der Waals surface area contributed by atoms with Crippen LogP contribution in [0.4, 0.5) is 5.69 Å². The molecule has 2 aliphatic rings. The van der Waals surface area contributed by atoms with Crippen molar-refractivity contribution >= 4 is 23.4 Å². The van der Waals surface area contributed by atoms with Crippen LogP contribution in [-0.2, 0) is 4.79 Å². The molecular formula is C14H10N2O3S. The highest BCUT2D eigenvalue weighted by Crippen LogP contribution is 2.41. The summed E-state index contributed by atoms with van der Waals surface area (Å²) in [7, 11) is 0. The maximum absolute atomic E-state index is 11.4. The van der Waals surface area contributed by atoms with Gasteiger partial charge in [0, 0.05) is 6.20 Å². The van der Waals surface area contributed by atoms with Crippen LogP contribution < -0.4 is 14.8 Å². The highest BCUT2D eigenvalue weighted by atomic mass is 32.2. The molecule has 0 atom stereocenters. The van der Waals surface area contributed by atoms with Gasteiger partial charge in [-0.25, -0.2) is 4.98 Å². The van der Waals surface area contributed by atoms with Crippen molar-refractivity contribution in [2.45, 2.75) is 11.3 Å². The molecule has 0 unspecified atom stereocenters. The Balaban J connectivity index is 1.65. The van der Waals surface area contributed by atoms with Crippen LogP contribution in [0.3, 0.4) is 0 Å². The van der Waals surface area contributed by atoms with Crippen molar-refractivity contribution in [3.8, 4) is 11.5 Å². The summed E-state index contributed by atoms with van der Waals surface area (Å²) in [6, 6.07) is 9.36. The number of thioether (sulfide) groups is 1. The first kappa shape index (κ1) is 11.6. The van der Waals surface area contributed by atoms with Crippen molar-refractivity contribution in [3.05, 3.63) is 42.1 Å². The average Bonchev–Trinajstić information content (AvgIpc) is 2.90. The fourth-order valence-electron chi connectivity index (χ4n) is 2.16. The van der Waals surface area contributed by atoms with E-state index >= 15 is 0 Å². The van der Waals surface area contributed by atoms with Gasteiger partial charge in [0.25, 0.3) is 6.29 Å². The minimum atomic E-state index is -0.519. The van der Waals surface area contributed by atoms with Crippen molar-refractivity contribution in [2.24, 2.45) is 0 Å². The van der Waals surface area contributed by atoms with E-state index in [1.54, 1.807) is 6.20 Å². The molecule has 1 amide bonds. The molecular weight excluding hydrogens is 276 g/mol. The Labute approximate surface area is 119 Å². The lowest BCUT2D eigenvalue weighted by molar-refractivity contribution is -0.113. The lowest BCUT2D eigenvalue weighted by Crippen LogP contribution is -2.20. The number of rotatable bonds is 1. The zero-order valence-electron chi connectivity index (χ0n) is 10.3. The van der Waals surface area contributed by atoms with Gasteiger partial charge in [-0.1, -0.05) is 23.9 Å². The van der Waals surface area contributed by atoms with Crippen LogP contribution in [0.1, 0.15) is 11.9 Å². The van der Waals surface area contributed by atoms with Crippen LogP contribution in [0.15, 0.2) is 41.6 Å². The summed E-state index contributed by atoms with van der Waals surface area (Å²) >= 11 is 1.43. The largest absolute Gasteiger partial charge is 0.447 e. The van der Waals surface area contributed by atoms with Gasteiger partial charge in [0.05, 0.1) is 17.0 Å². The predicted molar refractivity (Wildman–Crippen MR) is 74.0 cm³/mol. The monoisotopic (exact) mass is 286 g/mol. The lowest BCUT2D eigenvalue weighted by Gasteiger charge is -2.17. The van der Waals surface area contributed by atoms with E-state index in [0.29, 0.717) is 22.9 Å². The van der Waals surface area contributed by atoms with E-state index < -0.39 is 6.29 Å². The van der Waals surface area contributed by atoms with Crippen LogP contribution in [0.2, 0.25) is 0 Å². The van der Waals surface area contributed by atoms with E-state index in [1.165, 1.54) is 11.8 Å². The Morgan fingerprint density at radius 2 is 2.00 bits per heavy atom. The molecule has 5 nitrogen and oxygen atoms in total. The molecule has 20 heavy (non-hydrogen) atoms. The molecule has 0 fully saturated rings.